The van der Waals surface area contributed by atoms with Crippen molar-refractivity contribution in [2.45, 2.75) is 13.8 Å². The van der Waals surface area contributed by atoms with Crippen molar-refractivity contribution >= 4 is 18.4 Å². The van der Waals surface area contributed by atoms with E-state index in [-0.39, 0.29) is 5.84 Å². The van der Waals surface area contributed by atoms with Gasteiger partial charge >= 0.3 is 0 Å². The molecule has 4 heteroatoms. The Kier molecular flexibility index (Phi) is 5.51. The Morgan fingerprint density at radius 2 is 2.17 bits per heavy atom. The Hall–Kier alpha value is -1.45. The molecule has 0 spiro atoms. The SMILES string of the molecule is CC(C)/C=C/N=C/C(N)=N\C=N. The molecule has 12 heavy (non-hydrogen) atoms. The van der Waals surface area contributed by atoms with E-state index in [0.717, 1.165) is 6.34 Å². The van der Waals surface area contributed by atoms with Crippen LogP contribution in [0.2, 0.25) is 0 Å². The second-order valence-electron chi connectivity index (χ2n) is 2.55. The lowest BCUT2D eigenvalue weighted by molar-refractivity contribution is 0.829. The van der Waals surface area contributed by atoms with Gasteiger partial charge in [-0.3, -0.25) is 10.4 Å². The summed E-state index contributed by atoms with van der Waals surface area (Å²) in [6.45, 7) is 4.11. The summed E-state index contributed by atoms with van der Waals surface area (Å²) in [5.74, 6) is 0.710. The minimum atomic E-state index is 0.235. The third kappa shape index (κ3) is 6.67. The third-order valence-electron chi connectivity index (χ3n) is 0.977. The van der Waals surface area contributed by atoms with Crippen molar-refractivity contribution in [3.05, 3.63) is 12.3 Å². The summed E-state index contributed by atoms with van der Waals surface area (Å²) >= 11 is 0. The molecule has 0 aliphatic rings. The van der Waals surface area contributed by atoms with E-state index in [1.807, 2.05) is 6.08 Å². The van der Waals surface area contributed by atoms with Gasteiger partial charge in [0, 0.05) is 6.20 Å². The molecule has 0 radical (unpaired) electrons. The highest BCUT2D eigenvalue weighted by atomic mass is 14.9. The minimum absolute atomic E-state index is 0.235. The second kappa shape index (κ2) is 6.27. The Morgan fingerprint density at radius 3 is 2.67 bits per heavy atom. The fourth-order valence-electron chi connectivity index (χ4n) is 0.449. The van der Waals surface area contributed by atoms with Gasteiger partial charge in [0.25, 0.3) is 0 Å². The van der Waals surface area contributed by atoms with Crippen LogP contribution in [0.25, 0.3) is 0 Å². The smallest absolute Gasteiger partial charge is 0.143 e. The van der Waals surface area contributed by atoms with Crippen LogP contribution < -0.4 is 5.73 Å². The van der Waals surface area contributed by atoms with E-state index in [2.05, 4.69) is 23.8 Å². The molecule has 0 saturated heterocycles. The van der Waals surface area contributed by atoms with Crippen molar-refractivity contribution in [2.75, 3.05) is 0 Å². The quantitative estimate of drug-likeness (QED) is 0.477. The van der Waals surface area contributed by atoms with Crippen LogP contribution in [0.4, 0.5) is 0 Å². The first-order valence-corrected chi connectivity index (χ1v) is 3.69. The van der Waals surface area contributed by atoms with Crippen molar-refractivity contribution < 1.29 is 0 Å². The van der Waals surface area contributed by atoms with E-state index >= 15 is 0 Å². The van der Waals surface area contributed by atoms with Crippen molar-refractivity contribution in [2.24, 2.45) is 21.6 Å². The van der Waals surface area contributed by atoms with E-state index in [9.17, 15) is 0 Å². The topological polar surface area (TPSA) is 74.6 Å². The summed E-state index contributed by atoms with van der Waals surface area (Å²) in [4.78, 5) is 7.36. The molecule has 0 amide bonds. The molecule has 0 unspecified atom stereocenters. The van der Waals surface area contributed by atoms with Gasteiger partial charge in [0.05, 0.1) is 6.21 Å². The number of hydrogen-bond acceptors (Lipinski definition) is 2. The van der Waals surface area contributed by atoms with Crippen LogP contribution >= 0.6 is 0 Å². The number of nitrogens with two attached hydrogens (primary N) is 1. The minimum Gasteiger partial charge on any atom is -0.382 e. The number of nitrogens with zero attached hydrogens (tertiary/aromatic N) is 2. The number of rotatable bonds is 4. The second-order valence-corrected chi connectivity index (χ2v) is 2.55. The summed E-state index contributed by atoms with van der Waals surface area (Å²) in [5, 5.41) is 6.61. The van der Waals surface area contributed by atoms with E-state index in [0.29, 0.717) is 5.92 Å². The molecule has 0 heterocycles. The van der Waals surface area contributed by atoms with Crippen LogP contribution in [0.1, 0.15) is 13.8 Å². The highest BCUT2D eigenvalue weighted by Gasteiger charge is 1.81. The fourth-order valence-corrected chi connectivity index (χ4v) is 0.449. The molecule has 0 bridgehead atoms. The molecule has 0 atom stereocenters. The van der Waals surface area contributed by atoms with Gasteiger partial charge in [-0.2, -0.15) is 0 Å². The Balaban J connectivity index is 3.91. The van der Waals surface area contributed by atoms with E-state index in [1.165, 1.54) is 6.21 Å². The Bertz CT molecular complexity index is 213. The van der Waals surface area contributed by atoms with Gasteiger partial charge in [0.2, 0.25) is 0 Å². The highest BCUT2D eigenvalue weighted by molar-refractivity contribution is 6.30. The third-order valence-corrected chi connectivity index (χ3v) is 0.977. The summed E-state index contributed by atoms with van der Waals surface area (Å²) in [6, 6.07) is 0. The molecule has 66 valence electrons. The van der Waals surface area contributed by atoms with Crippen LogP contribution in [-0.2, 0) is 0 Å². The van der Waals surface area contributed by atoms with E-state index in [1.54, 1.807) is 6.20 Å². The number of hydrogen-bond donors (Lipinski definition) is 2. The lowest BCUT2D eigenvalue weighted by atomic mass is 10.2. The average molecular weight is 166 g/mol. The first kappa shape index (κ1) is 10.6. The number of nitrogens with one attached hydrogen (secondary N) is 1. The first-order valence-electron chi connectivity index (χ1n) is 3.69. The molecule has 0 rings (SSSR count). The average Bonchev–Trinajstić information content (AvgIpc) is 1.98. The van der Waals surface area contributed by atoms with Crippen molar-refractivity contribution in [1.29, 1.82) is 5.41 Å². The van der Waals surface area contributed by atoms with Crippen molar-refractivity contribution in [1.82, 2.24) is 0 Å². The Labute approximate surface area is 72.4 Å². The molecule has 0 aromatic rings. The van der Waals surface area contributed by atoms with E-state index in [4.69, 9.17) is 11.1 Å². The monoisotopic (exact) mass is 166 g/mol. The first-order chi connectivity index (χ1) is 5.66. The van der Waals surface area contributed by atoms with Gasteiger partial charge in [-0.05, 0) is 5.92 Å². The predicted octanol–water partition coefficient (Wildman–Crippen LogP) is 1.19. The van der Waals surface area contributed by atoms with Gasteiger partial charge in [-0.15, -0.1) is 0 Å². The van der Waals surface area contributed by atoms with Gasteiger partial charge in [0.1, 0.15) is 12.2 Å². The van der Waals surface area contributed by atoms with Crippen molar-refractivity contribution in [3.63, 3.8) is 0 Å². The summed E-state index contributed by atoms with van der Waals surface area (Å²) in [6.07, 6.45) is 5.89. The maximum atomic E-state index is 6.61. The number of allylic oxidation sites excluding steroid dienone is 1. The zero-order valence-corrected chi connectivity index (χ0v) is 7.36. The van der Waals surface area contributed by atoms with Crippen LogP contribution in [0.15, 0.2) is 22.3 Å². The Morgan fingerprint density at radius 1 is 1.50 bits per heavy atom. The zero-order chi connectivity index (χ0) is 9.40. The van der Waals surface area contributed by atoms with Crippen molar-refractivity contribution in [3.8, 4) is 0 Å². The van der Waals surface area contributed by atoms with Gasteiger partial charge < -0.3 is 5.73 Å². The molecule has 0 saturated carbocycles. The molecule has 3 N–H and O–H groups in total. The normalized spacial score (nSPS) is 13.4. The molecule has 0 aliphatic heterocycles. The van der Waals surface area contributed by atoms with Gasteiger partial charge in [-0.25, -0.2) is 4.99 Å². The summed E-state index contributed by atoms with van der Waals surface area (Å²) in [5.41, 5.74) is 5.32. The standard InChI is InChI=1S/C8H14N4/c1-7(2)3-4-11-5-8(10)12-6-9/h3-7H,1-2H3,(H3,9,10,12)/b4-3+,11-5+. The van der Waals surface area contributed by atoms with Gasteiger partial charge in [-0.1, -0.05) is 19.9 Å². The largest absolute Gasteiger partial charge is 0.382 e. The summed E-state index contributed by atoms with van der Waals surface area (Å²) < 4.78 is 0. The van der Waals surface area contributed by atoms with Gasteiger partial charge in [0.15, 0.2) is 0 Å². The van der Waals surface area contributed by atoms with Crippen LogP contribution in [0.3, 0.4) is 0 Å². The summed E-state index contributed by atoms with van der Waals surface area (Å²) in [7, 11) is 0. The number of amidine groups is 1. The molecule has 0 aromatic carbocycles. The zero-order valence-electron chi connectivity index (χ0n) is 7.36. The molecule has 0 aliphatic carbocycles. The molecule has 0 aromatic heterocycles. The molecule has 0 fully saturated rings. The molecular formula is C8H14N4. The fraction of sp³-hybridized carbons (Fsp3) is 0.375. The van der Waals surface area contributed by atoms with Crippen LogP contribution in [-0.4, -0.2) is 18.4 Å². The highest BCUT2D eigenvalue weighted by Crippen LogP contribution is 1.92. The molecular weight excluding hydrogens is 152 g/mol. The maximum absolute atomic E-state index is 6.61. The lowest BCUT2D eigenvalue weighted by Crippen LogP contribution is -2.12. The number of aliphatic imine (C=N–C) groups is 2. The van der Waals surface area contributed by atoms with Crippen LogP contribution in [0, 0.1) is 11.3 Å². The molecule has 4 nitrogen and oxygen atoms in total. The maximum Gasteiger partial charge on any atom is 0.143 e. The predicted molar refractivity (Wildman–Crippen MR) is 52.9 cm³/mol. The van der Waals surface area contributed by atoms with E-state index < -0.39 is 0 Å². The van der Waals surface area contributed by atoms with Crippen LogP contribution in [0.5, 0.6) is 0 Å². The lowest BCUT2D eigenvalue weighted by Gasteiger charge is -1.89.